The number of benzene rings is 1. The van der Waals surface area contributed by atoms with E-state index in [1.54, 1.807) is 25.3 Å². The van der Waals surface area contributed by atoms with E-state index in [1.807, 2.05) is 13.0 Å². The van der Waals surface area contributed by atoms with Crippen molar-refractivity contribution in [1.29, 1.82) is 0 Å². The fraction of sp³-hybridized carbons (Fsp3) is 0.333. The molecule has 0 aliphatic carbocycles. The van der Waals surface area contributed by atoms with E-state index in [2.05, 4.69) is 20.3 Å². The molecule has 1 fully saturated rings. The Morgan fingerprint density at radius 3 is 2.47 bits per heavy atom. The van der Waals surface area contributed by atoms with E-state index in [4.69, 9.17) is 9.47 Å². The number of aromatic nitrogens is 3. The summed E-state index contributed by atoms with van der Waals surface area (Å²) in [6, 6.07) is 4.53. The van der Waals surface area contributed by atoms with Gasteiger partial charge in [0.25, 0.3) is 5.91 Å². The summed E-state index contributed by atoms with van der Waals surface area (Å²) in [4.78, 5) is 25.0. The fourth-order valence-electron chi connectivity index (χ4n) is 2.96. The first-order chi connectivity index (χ1) is 15.2. The van der Waals surface area contributed by atoms with Crippen molar-refractivity contribution in [1.82, 2.24) is 20.3 Å². The topological polar surface area (TPSA) is 86.2 Å². The average molecular weight is 464 g/mol. The standard InChI is InChI=1S/C21H19F3N4O3S/c1-11-6-25-19(32-11)14-3-13(4-16(5-14)31-17-9-30-10-17)18(29)28-12(2)15-7-26-20(27-8-15)21(22,23)24/h3-8,12,17H,9-10H2,1-2H3,(H,28,29). The van der Waals surface area contributed by atoms with Gasteiger partial charge in [-0.3, -0.25) is 4.79 Å². The van der Waals surface area contributed by atoms with Crippen LogP contribution in [0.15, 0.2) is 36.8 Å². The molecule has 3 aromatic rings. The number of amides is 1. The molecule has 1 N–H and O–H groups in total. The number of nitrogens with one attached hydrogen (secondary N) is 1. The smallest absolute Gasteiger partial charge is 0.451 e. The number of hydrogen-bond acceptors (Lipinski definition) is 7. The molecule has 0 bridgehead atoms. The minimum Gasteiger partial charge on any atom is -0.486 e. The van der Waals surface area contributed by atoms with E-state index in [0.717, 1.165) is 27.8 Å². The van der Waals surface area contributed by atoms with E-state index in [0.29, 0.717) is 30.1 Å². The minimum atomic E-state index is -4.62. The molecule has 1 aromatic carbocycles. The first-order valence-corrected chi connectivity index (χ1v) is 10.5. The third-order valence-corrected chi connectivity index (χ3v) is 5.68. The zero-order valence-electron chi connectivity index (χ0n) is 17.1. The lowest BCUT2D eigenvalue weighted by atomic mass is 10.1. The maximum atomic E-state index is 12.9. The van der Waals surface area contributed by atoms with Crippen LogP contribution in [0.5, 0.6) is 5.75 Å². The summed E-state index contributed by atoms with van der Waals surface area (Å²) in [6.45, 7) is 4.54. The summed E-state index contributed by atoms with van der Waals surface area (Å²) >= 11 is 1.49. The highest BCUT2D eigenvalue weighted by molar-refractivity contribution is 7.14. The first-order valence-electron chi connectivity index (χ1n) is 9.71. The summed E-state index contributed by atoms with van der Waals surface area (Å²) in [6.07, 6.45) is -0.842. The van der Waals surface area contributed by atoms with Crippen molar-refractivity contribution in [3.8, 4) is 16.3 Å². The van der Waals surface area contributed by atoms with Gasteiger partial charge in [0.15, 0.2) is 0 Å². The highest BCUT2D eigenvalue weighted by Gasteiger charge is 2.34. The SMILES string of the molecule is Cc1cnc(-c2cc(OC3COC3)cc(C(=O)NC(C)c3cnc(C(F)(F)F)nc3)c2)s1. The minimum absolute atomic E-state index is 0.0811. The number of thiazole rings is 1. The van der Waals surface area contributed by atoms with Crippen LogP contribution in [0.2, 0.25) is 0 Å². The number of hydrogen-bond donors (Lipinski definition) is 1. The van der Waals surface area contributed by atoms with Gasteiger partial charge in [-0.25, -0.2) is 15.0 Å². The van der Waals surface area contributed by atoms with Crippen LogP contribution >= 0.6 is 11.3 Å². The summed E-state index contributed by atoms with van der Waals surface area (Å²) in [5.41, 5.74) is 1.42. The zero-order chi connectivity index (χ0) is 22.9. The molecule has 0 radical (unpaired) electrons. The van der Waals surface area contributed by atoms with Gasteiger partial charge in [-0.15, -0.1) is 11.3 Å². The average Bonchev–Trinajstić information content (AvgIpc) is 3.16. The van der Waals surface area contributed by atoms with Gasteiger partial charge in [0.2, 0.25) is 5.82 Å². The fourth-order valence-corrected chi connectivity index (χ4v) is 3.71. The molecule has 0 saturated carbocycles. The summed E-state index contributed by atoms with van der Waals surface area (Å²) < 4.78 is 49.0. The molecule has 11 heteroatoms. The molecule has 3 heterocycles. The number of halogens is 3. The normalized spacial score (nSPS) is 15.2. The van der Waals surface area contributed by atoms with Gasteiger partial charge < -0.3 is 14.8 Å². The van der Waals surface area contributed by atoms with Gasteiger partial charge >= 0.3 is 6.18 Å². The molecule has 1 unspecified atom stereocenters. The Bertz CT molecular complexity index is 1110. The lowest BCUT2D eigenvalue weighted by molar-refractivity contribution is -0.145. The molecular weight excluding hydrogens is 445 g/mol. The molecule has 1 amide bonds. The molecule has 1 atom stereocenters. The molecule has 1 saturated heterocycles. The van der Waals surface area contributed by atoms with Gasteiger partial charge in [-0.2, -0.15) is 13.2 Å². The Balaban J connectivity index is 1.55. The predicted octanol–water partition coefficient (Wildman–Crippen LogP) is 4.20. The van der Waals surface area contributed by atoms with Crippen LogP contribution in [0.3, 0.4) is 0 Å². The van der Waals surface area contributed by atoms with Crippen LogP contribution < -0.4 is 10.1 Å². The van der Waals surface area contributed by atoms with Crippen molar-refractivity contribution in [3.05, 3.63) is 58.6 Å². The number of carbonyl (C=O) groups excluding carboxylic acids is 1. The number of ether oxygens (including phenoxy) is 2. The largest absolute Gasteiger partial charge is 0.486 e. The molecule has 2 aromatic heterocycles. The highest BCUT2D eigenvalue weighted by Crippen LogP contribution is 2.31. The first kappa shape index (κ1) is 22.2. The van der Waals surface area contributed by atoms with Crippen LogP contribution in [0, 0.1) is 6.92 Å². The number of carbonyl (C=O) groups is 1. The molecule has 1 aliphatic rings. The van der Waals surface area contributed by atoms with Crippen LogP contribution in [0.25, 0.3) is 10.6 Å². The Kier molecular flexibility index (Phi) is 6.11. The Labute approximate surface area is 185 Å². The maximum Gasteiger partial charge on any atom is 0.451 e. The second kappa shape index (κ2) is 8.83. The third-order valence-electron chi connectivity index (χ3n) is 4.72. The predicted molar refractivity (Wildman–Crippen MR) is 110 cm³/mol. The summed E-state index contributed by atoms with van der Waals surface area (Å²) in [5.74, 6) is -1.13. The van der Waals surface area contributed by atoms with Crippen LogP contribution in [0.4, 0.5) is 13.2 Å². The monoisotopic (exact) mass is 464 g/mol. The Morgan fingerprint density at radius 2 is 1.91 bits per heavy atom. The highest BCUT2D eigenvalue weighted by atomic mass is 32.1. The zero-order valence-corrected chi connectivity index (χ0v) is 18.0. The third kappa shape index (κ3) is 5.05. The molecule has 7 nitrogen and oxygen atoms in total. The van der Waals surface area contributed by atoms with Crippen molar-refractivity contribution in [2.45, 2.75) is 32.2 Å². The van der Waals surface area contributed by atoms with Crippen molar-refractivity contribution in [2.75, 3.05) is 13.2 Å². The Morgan fingerprint density at radius 1 is 1.19 bits per heavy atom. The van der Waals surface area contributed by atoms with E-state index in [1.165, 1.54) is 11.3 Å². The van der Waals surface area contributed by atoms with Gasteiger partial charge in [0.05, 0.1) is 19.3 Å². The lowest BCUT2D eigenvalue weighted by Gasteiger charge is -2.27. The van der Waals surface area contributed by atoms with E-state index in [9.17, 15) is 18.0 Å². The second-order valence-corrected chi connectivity index (χ2v) is 8.57. The maximum absolute atomic E-state index is 12.9. The molecule has 168 valence electrons. The van der Waals surface area contributed by atoms with Crippen LogP contribution in [-0.4, -0.2) is 40.2 Å². The van der Waals surface area contributed by atoms with E-state index < -0.39 is 23.9 Å². The second-order valence-electron chi connectivity index (χ2n) is 7.33. The van der Waals surface area contributed by atoms with Crippen molar-refractivity contribution in [3.63, 3.8) is 0 Å². The van der Waals surface area contributed by atoms with E-state index >= 15 is 0 Å². The van der Waals surface area contributed by atoms with Crippen LogP contribution in [-0.2, 0) is 10.9 Å². The van der Waals surface area contributed by atoms with Gasteiger partial charge in [-0.05, 0) is 32.0 Å². The number of nitrogens with zero attached hydrogens (tertiary/aromatic N) is 3. The van der Waals surface area contributed by atoms with Crippen molar-refractivity contribution >= 4 is 17.2 Å². The summed E-state index contributed by atoms with van der Waals surface area (Å²) in [7, 11) is 0. The number of aryl methyl sites for hydroxylation is 1. The quantitative estimate of drug-likeness (QED) is 0.589. The number of rotatable bonds is 6. The molecule has 32 heavy (non-hydrogen) atoms. The van der Waals surface area contributed by atoms with Crippen molar-refractivity contribution < 1.29 is 27.4 Å². The van der Waals surface area contributed by atoms with E-state index in [-0.39, 0.29) is 6.10 Å². The van der Waals surface area contributed by atoms with Crippen LogP contribution in [0.1, 0.15) is 39.6 Å². The van der Waals surface area contributed by atoms with Gasteiger partial charge in [-0.1, -0.05) is 0 Å². The van der Waals surface area contributed by atoms with Gasteiger partial charge in [0, 0.05) is 40.2 Å². The number of alkyl halides is 3. The van der Waals surface area contributed by atoms with Crippen molar-refractivity contribution in [2.24, 2.45) is 0 Å². The molecule has 4 rings (SSSR count). The lowest BCUT2D eigenvalue weighted by Crippen LogP contribution is -2.38. The molecule has 1 aliphatic heterocycles. The summed E-state index contributed by atoms with van der Waals surface area (Å²) in [5, 5.41) is 3.51. The molecule has 0 spiro atoms. The van der Waals surface area contributed by atoms with Gasteiger partial charge in [0.1, 0.15) is 16.9 Å². The Hall–Kier alpha value is -3.05. The molecular formula is C21H19F3N4O3S.